The highest BCUT2D eigenvalue weighted by Crippen LogP contribution is 2.34. The molecular weight excluding hydrogens is 459 g/mol. The van der Waals surface area contributed by atoms with E-state index in [1.807, 2.05) is 0 Å². The second kappa shape index (κ2) is 9.07. The third-order valence-corrected chi connectivity index (χ3v) is 5.89. The molecule has 2 saturated heterocycles. The van der Waals surface area contributed by atoms with E-state index in [2.05, 4.69) is 5.32 Å². The lowest BCUT2D eigenvalue weighted by molar-refractivity contribution is -0.152. The van der Waals surface area contributed by atoms with Crippen LogP contribution in [-0.4, -0.2) is 65.9 Å². The molecule has 0 unspecified atom stereocenters. The number of carboxylic acid groups (broad SMARTS) is 1. The van der Waals surface area contributed by atoms with Crippen LogP contribution in [0.5, 0.6) is 0 Å². The van der Waals surface area contributed by atoms with Crippen molar-refractivity contribution in [2.45, 2.75) is 18.2 Å². The summed E-state index contributed by atoms with van der Waals surface area (Å²) in [6, 6.07) is 10.8. The van der Waals surface area contributed by atoms with Crippen LogP contribution in [0.3, 0.4) is 0 Å². The number of nitrogens with zero attached hydrogens (tertiary/aromatic N) is 1. The zero-order valence-electron chi connectivity index (χ0n) is 16.8. The van der Waals surface area contributed by atoms with Gasteiger partial charge in [0, 0.05) is 22.0 Å². The Balaban J connectivity index is 1.38. The molecule has 0 aliphatic carbocycles. The Labute approximate surface area is 194 Å². The Morgan fingerprint density at radius 2 is 1.66 bits per heavy atom. The molecule has 2 aliphatic heterocycles. The summed E-state index contributed by atoms with van der Waals surface area (Å²) in [6.07, 6.45) is 0.0526. The number of hydrogen-bond donors (Lipinski definition) is 2. The van der Waals surface area contributed by atoms with Gasteiger partial charge in [0.2, 0.25) is 5.91 Å². The second-order valence-electron chi connectivity index (χ2n) is 7.61. The Morgan fingerprint density at radius 3 is 2.25 bits per heavy atom. The van der Waals surface area contributed by atoms with E-state index in [1.54, 1.807) is 42.5 Å². The highest BCUT2D eigenvalue weighted by molar-refractivity contribution is 6.35. The number of aliphatic carboxylic acids is 1. The summed E-state index contributed by atoms with van der Waals surface area (Å²) in [5, 5.41) is 13.0. The predicted molar refractivity (Wildman–Crippen MR) is 117 cm³/mol. The van der Waals surface area contributed by atoms with Gasteiger partial charge in [-0.05, 0) is 41.5 Å². The minimum atomic E-state index is -1.14. The Hall–Kier alpha value is -2.65. The molecule has 10 heteroatoms. The van der Waals surface area contributed by atoms with Gasteiger partial charge in [0.25, 0.3) is 5.91 Å². The first-order valence-corrected chi connectivity index (χ1v) is 10.7. The number of amides is 2. The van der Waals surface area contributed by atoms with Crippen LogP contribution in [0.4, 0.5) is 0 Å². The third-order valence-electron chi connectivity index (χ3n) is 5.45. The average molecular weight is 479 g/mol. The van der Waals surface area contributed by atoms with Crippen LogP contribution >= 0.6 is 23.2 Å². The molecule has 2 N–H and O–H groups in total. The molecular formula is C22H20Cl2N2O6. The number of ether oxygens (including phenoxy) is 2. The van der Waals surface area contributed by atoms with Crippen molar-refractivity contribution in [2.24, 2.45) is 0 Å². The van der Waals surface area contributed by atoms with Crippen molar-refractivity contribution < 1.29 is 29.0 Å². The maximum Gasteiger partial charge on any atom is 0.326 e. The van der Waals surface area contributed by atoms with Crippen LogP contribution in [0.25, 0.3) is 11.1 Å². The first-order valence-electron chi connectivity index (χ1n) is 9.91. The quantitative estimate of drug-likeness (QED) is 0.684. The number of carboxylic acids is 1. The van der Waals surface area contributed by atoms with Gasteiger partial charge in [-0.2, -0.15) is 0 Å². The van der Waals surface area contributed by atoms with E-state index in [1.165, 1.54) is 4.90 Å². The number of halogens is 2. The fourth-order valence-corrected chi connectivity index (χ4v) is 4.45. The average Bonchev–Trinajstić information content (AvgIpc) is 3.38. The SMILES string of the molecule is O=C(NCC(=O)N1CC2(C[C@H]1C(=O)O)OCCO2)c1ccc(-c2cc(Cl)cc(Cl)c2)cc1. The molecule has 0 radical (unpaired) electrons. The molecule has 8 nitrogen and oxygen atoms in total. The van der Waals surface area contributed by atoms with E-state index in [-0.39, 0.29) is 19.5 Å². The fraction of sp³-hybridized carbons (Fsp3) is 0.318. The van der Waals surface area contributed by atoms with Gasteiger partial charge in [0.05, 0.1) is 26.3 Å². The number of nitrogens with one attached hydrogen (secondary N) is 1. The van der Waals surface area contributed by atoms with Gasteiger partial charge < -0.3 is 24.8 Å². The summed E-state index contributed by atoms with van der Waals surface area (Å²) in [5.41, 5.74) is 1.98. The van der Waals surface area contributed by atoms with Crippen LogP contribution in [0.2, 0.25) is 10.0 Å². The zero-order chi connectivity index (χ0) is 22.9. The predicted octanol–water partition coefficient (Wildman–Crippen LogP) is 2.82. The fourth-order valence-electron chi connectivity index (χ4n) is 3.92. The van der Waals surface area contributed by atoms with Crippen LogP contribution in [-0.2, 0) is 19.1 Å². The lowest BCUT2D eigenvalue weighted by Gasteiger charge is -2.23. The van der Waals surface area contributed by atoms with Crippen LogP contribution < -0.4 is 5.32 Å². The van der Waals surface area contributed by atoms with Crippen molar-refractivity contribution in [3.8, 4) is 11.1 Å². The standard InChI is InChI=1S/C22H20Cl2N2O6/c23-16-7-15(8-17(24)9-16)13-1-3-14(4-2-13)20(28)25-11-19(27)26-12-22(31-5-6-32-22)10-18(26)21(29)30/h1-4,7-9,18H,5-6,10-12H2,(H,25,28)(H,29,30)/t18-/m0/s1. The Morgan fingerprint density at radius 1 is 1.03 bits per heavy atom. The van der Waals surface area contributed by atoms with Crippen molar-refractivity contribution >= 4 is 41.0 Å². The van der Waals surface area contributed by atoms with Crippen molar-refractivity contribution in [1.82, 2.24) is 10.2 Å². The monoisotopic (exact) mass is 478 g/mol. The smallest absolute Gasteiger partial charge is 0.326 e. The minimum Gasteiger partial charge on any atom is -0.480 e. The summed E-state index contributed by atoms with van der Waals surface area (Å²) in [5.74, 6) is -3.20. The lowest BCUT2D eigenvalue weighted by atomic mass is 10.0. The molecule has 32 heavy (non-hydrogen) atoms. The number of likely N-dealkylation sites (tertiary alicyclic amines) is 1. The summed E-state index contributed by atoms with van der Waals surface area (Å²) < 4.78 is 11.1. The number of carbonyl (C=O) groups excluding carboxylic acids is 2. The first-order chi connectivity index (χ1) is 15.3. The van der Waals surface area contributed by atoms with E-state index in [9.17, 15) is 19.5 Å². The number of hydrogen-bond acceptors (Lipinski definition) is 5. The van der Waals surface area contributed by atoms with Crippen molar-refractivity contribution in [3.63, 3.8) is 0 Å². The van der Waals surface area contributed by atoms with E-state index in [0.29, 0.717) is 28.8 Å². The van der Waals surface area contributed by atoms with Gasteiger partial charge >= 0.3 is 5.97 Å². The molecule has 2 amide bonds. The highest BCUT2D eigenvalue weighted by atomic mass is 35.5. The molecule has 2 aromatic carbocycles. The summed E-state index contributed by atoms with van der Waals surface area (Å²) in [7, 11) is 0. The second-order valence-corrected chi connectivity index (χ2v) is 8.48. The molecule has 1 spiro atoms. The third kappa shape index (κ3) is 4.73. The molecule has 2 heterocycles. The topological polar surface area (TPSA) is 105 Å². The van der Waals surface area contributed by atoms with E-state index in [0.717, 1.165) is 11.1 Å². The molecule has 0 saturated carbocycles. The highest BCUT2D eigenvalue weighted by Gasteiger charge is 2.52. The minimum absolute atomic E-state index is 0.00949. The van der Waals surface area contributed by atoms with E-state index in [4.69, 9.17) is 32.7 Å². The zero-order valence-corrected chi connectivity index (χ0v) is 18.4. The summed E-state index contributed by atoms with van der Waals surface area (Å²) in [4.78, 5) is 37.9. The largest absolute Gasteiger partial charge is 0.480 e. The molecule has 4 rings (SSSR count). The molecule has 1 atom stereocenters. The Kier molecular flexibility index (Phi) is 6.39. The van der Waals surface area contributed by atoms with Gasteiger partial charge in [-0.3, -0.25) is 9.59 Å². The first kappa shape index (κ1) is 22.5. The van der Waals surface area contributed by atoms with Crippen LogP contribution in [0.1, 0.15) is 16.8 Å². The van der Waals surface area contributed by atoms with Gasteiger partial charge in [-0.15, -0.1) is 0 Å². The Bertz CT molecular complexity index is 1030. The van der Waals surface area contributed by atoms with Crippen molar-refractivity contribution in [2.75, 3.05) is 26.3 Å². The lowest BCUT2D eigenvalue weighted by Crippen LogP contribution is -2.46. The number of benzene rings is 2. The van der Waals surface area contributed by atoms with Gasteiger partial charge in [-0.25, -0.2) is 4.79 Å². The molecule has 2 fully saturated rings. The number of rotatable bonds is 5. The van der Waals surface area contributed by atoms with Crippen molar-refractivity contribution in [1.29, 1.82) is 0 Å². The van der Waals surface area contributed by atoms with Gasteiger partial charge in [-0.1, -0.05) is 35.3 Å². The van der Waals surface area contributed by atoms with Crippen LogP contribution in [0.15, 0.2) is 42.5 Å². The van der Waals surface area contributed by atoms with E-state index >= 15 is 0 Å². The maximum atomic E-state index is 12.7. The van der Waals surface area contributed by atoms with E-state index < -0.39 is 29.6 Å². The van der Waals surface area contributed by atoms with Crippen molar-refractivity contribution in [3.05, 3.63) is 58.1 Å². The van der Waals surface area contributed by atoms with Gasteiger partial charge in [0.15, 0.2) is 5.79 Å². The van der Waals surface area contributed by atoms with Crippen LogP contribution in [0, 0.1) is 0 Å². The molecule has 2 aliphatic rings. The maximum absolute atomic E-state index is 12.7. The molecule has 168 valence electrons. The van der Waals surface area contributed by atoms with Gasteiger partial charge in [0.1, 0.15) is 6.04 Å². The summed E-state index contributed by atoms with van der Waals surface area (Å²) in [6.45, 7) is 0.366. The number of carbonyl (C=O) groups is 3. The molecule has 0 aromatic heterocycles. The molecule has 0 bridgehead atoms. The molecule has 2 aromatic rings. The normalized spacial score (nSPS) is 19.3. The summed E-state index contributed by atoms with van der Waals surface area (Å²) >= 11 is 12.1.